The zero-order valence-corrected chi connectivity index (χ0v) is 44.9. The van der Waals surface area contributed by atoms with Crippen LogP contribution in [0.5, 0.6) is 0 Å². The van der Waals surface area contributed by atoms with Crippen LogP contribution >= 0.6 is 15.8 Å². The quantitative estimate of drug-likeness (QED) is 0.0674. The summed E-state index contributed by atoms with van der Waals surface area (Å²) < 4.78 is 0. The molecule has 9 aromatic rings. The van der Waals surface area contributed by atoms with Crippen molar-refractivity contribution in [2.45, 2.75) is 38.5 Å². The van der Waals surface area contributed by atoms with Crippen molar-refractivity contribution in [3.05, 3.63) is 277 Å². The Balaban J connectivity index is 0.000000161. The molecule has 0 unspecified atom stereocenters. The first-order valence-corrected chi connectivity index (χ1v) is 25.6. The summed E-state index contributed by atoms with van der Waals surface area (Å²) in [6.45, 7) is 8.97. The number of benzene rings is 9. The van der Waals surface area contributed by atoms with Crippen LogP contribution in [-0.2, 0) is 55.6 Å². The van der Waals surface area contributed by atoms with Crippen molar-refractivity contribution in [1.82, 2.24) is 0 Å². The second-order valence-electron chi connectivity index (χ2n) is 17.9. The van der Waals surface area contributed by atoms with E-state index >= 15 is 0 Å². The van der Waals surface area contributed by atoms with Gasteiger partial charge in [0.15, 0.2) is 0 Å². The number of fused-ring (bicyclic) bond motifs is 6. The molecule has 0 saturated carbocycles. The average Bonchev–Trinajstić information content (AvgIpc) is 3.75. The maximum Gasteiger partial charge on any atom is 1.00 e. The van der Waals surface area contributed by atoms with E-state index in [1.807, 2.05) is 12.1 Å². The van der Waals surface area contributed by atoms with Gasteiger partial charge in [-0.3, -0.25) is 11.8 Å². The fourth-order valence-corrected chi connectivity index (χ4v) is 15.9. The second-order valence-corrected chi connectivity index (χ2v) is 22.8. The Kier molecular flexibility index (Phi) is 16.5. The minimum absolute atomic E-state index is 0. The van der Waals surface area contributed by atoms with Crippen LogP contribution in [-0.4, -0.2) is 0 Å². The van der Waals surface area contributed by atoms with Gasteiger partial charge in [-0.05, 0) is 105 Å². The molecule has 0 amide bonds. The van der Waals surface area contributed by atoms with Gasteiger partial charge in [-0.2, -0.15) is 0 Å². The fourth-order valence-electron chi connectivity index (χ4n) is 9.86. The third kappa shape index (κ3) is 10.1. The first-order chi connectivity index (χ1) is 32.2. The predicted octanol–water partition coefficient (Wildman–Crippen LogP) is 12.5. The molecule has 0 radical (unpaired) electrons. The van der Waals surface area contributed by atoms with Gasteiger partial charge in [0, 0.05) is 10.8 Å². The molecule has 0 saturated heterocycles. The van der Waals surface area contributed by atoms with Gasteiger partial charge in [0.1, 0.15) is 47.7 Å². The molecule has 0 heterocycles. The third-order valence-electron chi connectivity index (χ3n) is 13.2. The molecule has 338 valence electrons. The van der Waals surface area contributed by atoms with Gasteiger partial charge in [-0.25, -0.2) is 0 Å². The van der Waals surface area contributed by atoms with Crippen molar-refractivity contribution in [2.24, 2.45) is 0 Å². The van der Waals surface area contributed by atoms with E-state index in [9.17, 15) is 0 Å². The molecule has 0 aliphatic heterocycles. The minimum Gasteiger partial charge on any atom is -0.366 e. The van der Waals surface area contributed by atoms with E-state index in [1.54, 1.807) is 0 Å². The Hall–Kier alpha value is -5.56. The Morgan fingerprint density at radius 1 is 0.309 bits per heavy atom. The van der Waals surface area contributed by atoms with Crippen LogP contribution in [0.2, 0.25) is 0 Å². The SMILES string of the molecule is [Au+].[Au+].[C-]#Cc1ccc2c(c1)C(C)(C)c1ccccc1-2.[C-]#Cc1ccc2c(c1)C(C)(C)c1ccccc1-2.c1ccc([PH+](c2ccccc2)c2ccccc2[PH+](c2ccccc2)c2ccccc2)cc1. The van der Waals surface area contributed by atoms with Gasteiger partial charge in [0.2, 0.25) is 0 Å². The summed E-state index contributed by atoms with van der Waals surface area (Å²) in [4.78, 5) is 0. The Labute approximate surface area is 438 Å². The summed E-state index contributed by atoms with van der Waals surface area (Å²) in [6, 6.07) is 82.8. The summed E-state index contributed by atoms with van der Waals surface area (Å²) in [5.41, 5.74) is 12.3. The maximum absolute atomic E-state index is 7.25. The first kappa shape index (κ1) is 50.3. The summed E-state index contributed by atoms with van der Waals surface area (Å²) in [5.74, 6) is 4.94. The molecule has 0 atom stereocenters. The first-order valence-electron chi connectivity index (χ1n) is 22.6. The summed E-state index contributed by atoms with van der Waals surface area (Å²) in [7, 11) is -2.28. The van der Waals surface area contributed by atoms with Crippen LogP contribution in [0.25, 0.3) is 22.3 Å². The number of hydrogen-bond acceptors (Lipinski definition) is 0. The largest absolute Gasteiger partial charge is 1.00 e. The average molecular weight is 1280 g/mol. The maximum atomic E-state index is 7.25. The van der Waals surface area contributed by atoms with Crippen molar-refractivity contribution in [1.29, 1.82) is 0 Å². The van der Waals surface area contributed by atoms with Gasteiger partial charge in [0.25, 0.3) is 0 Å². The van der Waals surface area contributed by atoms with Crippen LogP contribution in [0.15, 0.2) is 231 Å². The van der Waals surface area contributed by atoms with Crippen LogP contribution in [0.3, 0.4) is 0 Å². The number of rotatable bonds is 6. The third-order valence-corrected chi connectivity index (χ3v) is 19.0. The van der Waals surface area contributed by atoms with Gasteiger partial charge < -0.3 is 12.8 Å². The monoisotopic (exact) mass is 1280 g/mol. The van der Waals surface area contributed by atoms with E-state index in [2.05, 4.69) is 258 Å². The fraction of sp³-hybridized carbons (Fsp3) is 0.0938. The van der Waals surface area contributed by atoms with Crippen molar-refractivity contribution < 1.29 is 44.8 Å². The molecule has 0 fully saturated rings. The van der Waals surface area contributed by atoms with Crippen molar-refractivity contribution in [3.8, 4) is 34.1 Å². The van der Waals surface area contributed by atoms with E-state index in [4.69, 9.17) is 12.8 Å². The van der Waals surface area contributed by atoms with E-state index in [1.165, 1.54) is 76.3 Å². The van der Waals surface area contributed by atoms with E-state index in [-0.39, 0.29) is 55.6 Å². The molecule has 2 aliphatic carbocycles. The van der Waals surface area contributed by atoms with Crippen LogP contribution in [0.1, 0.15) is 61.1 Å². The Morgan fingerprint density at radius 2 is 0.574 bits per heavy atom. The zero-order valence-electron chi connectivity index (χ0n) is 38.5. The molecule has 0 aromatic heterocycles. The van der Waals surface area contributed by atoms with E-state index in [0.717, 1.165) is 11.1 Å². The Bertz CT molecular complexity index is 2920. The topological polar surface area (TPSA) is 0 Å². The van der Waals surface area contributed by atoms with Crippen LogP contribution < -0.4 is 31.8 Å². The van der Waals surface area contributed by atoms with Crippen LogP contribution in [0, 0.1) is 24.7 Å². The Morgan fingerprint density at radius 3 is 0.882 bits per heavy atom. The summed E-state index contributed by atoms with van der Waals surface area (Å²) in [6.07, 6.45) is 14.5. The number of hydrogen-bond donors (Lipinski definition) is 0. The van der Waals surface area contributed by atoms with E-state index in [0.29, 0.717) is 0 Å². The normalized spacial score (nSPS) is 12.6. The minimum atomic E-state index is -1.14. The molecular formula is C64H52Au2P2+2. The zero-order chi connectivity index (χ0) is 45.7. The predicted molar refractivity (Wildman–Crippen MR) is 287 cm³/mol. The molecular weight excluding hydrogens is 1220 g/mol. The second kappa shape index (κ2) is 22.2. The van der Waals surface area contributed by atoms with Gasteiger partial charge in [-0.1, -0.05) is 173 Å². The van der Waals surface area contributed by atoms with Crippen molar-refractivity contribution in [2.75, 3.05) is 0 Å². The van der Waals surface area contributed by atoms with Crippen molar-refractivity contribution >= 4 is 47.7 Å². The van der Waals surface area contributed by atoms with Crippen LogP contribution in [0.4, 0.5) is 0 Å². The smallest absolute Gasteiger partial charge is 0.366 e. The molecule has 9 aromatic carbocycles. The molecule has 11 rings (SSSR count). The summed E-state index contributed by atoms with van der Waals surface area (Å²) in [5, 5.41) is 8.71. The summed E-state index contributed by atoms with van der Waals surface area (Å²) >= 11 is 0. The molecule has 0 spiro atoms. The van der Waals surface area contributed by atoms with Crippen molar-refractivity contribution in [3.63, 3.8) is 0 Å². The molecule has 0 bridgehead atoms. The standard InChI is InChI=1S/C30H24P2.2C17H13.2Au/c1-5-15-25(16-6-1)31(26-17-7-2-8-18-26)29-23-13-14-24-30(29)32(27-19-9-3-10-20-27)28-21-11-4-12-22-28;2*1-4-12-9-10-14-13-7-5-6-8-15(13)17(2,3)16(14)11-12;;/h1-24H;2*5-11H,2-3H3;;/q;2*-1;2*+1/p+2. The molecule has 68 heavy (non-hydrogen) atoms. The molecule has 4 heteroatoms. The van der Waals surface area contributed by atoms with E-state index < -0.39 is 15.8 Å². The molecule has 0 N–H and O–H groups in total. The van der Waals surface area contributed by atoms with Gasteiger partial charge in [-0.15, -0.1) is 35.4 Å². The van der Waals surface area contributed by atoms with Gasteiger partial charge in [0.05, 0.1) is 0 Å². The molecule has 2 aliphatic rings. The molecule has 0 nitrogen and oxygen atoms in total. The van der Waals surface area contributed by atoms with Gasteiger partial charge >= 0.3 is 44.8 Å².